The highest BCUT2D eigenvalue weighted by atomic mass is 16.5. The Morgan fingerprint density at radius 3 is 2.78 bits per heavy atom. The van der Waals surface area contributed by atoms with Crippen LogP contribution in [0.1, 0.15) is 40.7 Å². The van der Waals surface area contributed by atoms with Crippen molar-refractivity contribution in [3.05, 3.63) is 77.1 Å². The number of benzene rings is 2. The molecule has 0 saturated heterocycles. The summed E-state index contributed by atoms with van der Waals surface area (Å²) in [7, 11) is 1.63. The second-order valence-electron chi connectivity index (χ2n) is 7.75. The molecule has 0 spiro atoms. The minimum atomic E-state index is -0.0322. The fourth-order valence-electron chi connectivity index (χ4n) is 4.19. The molecule has 2 heterocycles. The summed E-state index contributed by atoms with van der Waals surface area (Å²) in [5, 5.41) is 9.60. The van der Waals surface area contributed by atoms with E-state index in [-0.39, 0.29) is 5.91 Å². The van der Waals surface area contributed by atoms with E-state index in [2.05, 4.69) is 13.0 Å². The molecule has 1 aliphatic heterocycles. The van der Waals surface area contributed by atoms with Crippen LogP contribution in [-0.4, -0.2) is 42.2 Å². The first-order valence-corrected chi connectivity index (χ1v) is 11.0. The molecule has 1 aromatic heterocycles. The summed E-state index contributed by atoms with van der Waals surface area (Å²) in [6, 6.07) is 19.5. The second kappa shape index (κ2) is 9.61. The number of ether oxygens (including phenoxy) is 2. The van der Waals surface area contributed by atoms with Crippen molar-refractivity contribution in [3.63, 3.8) is 0 Å². The van der Waals surface area contributed by atoms with Crippen LogP contribution in [0, 0.1) is 11.3 Å². The van der Waals surface area contributed by atoms with Crippen molar-refractivity contribution in [1.29, 1.82) is 5.26 Å². The number of amides is 1. The van der Waals surface area contributed by atoms with Gasteiger partial charge in [0.2, 0.25) is 0 Å². The fraction of sp³-hybridized carbons (Fsp3) is 0.308. The van der Waals surface area contributed by atoms with Gasteiger partial charge in [-0.05, 0) is 61.2 Å². The van der Waals surface area contributed by atoms with Crippen molar-refractivity contribution >= 4 is 5.91 Å². The average molecular weight is 430 g/mol. The number of nitrogens with zero attached hydrogens (tertiary/aromatic N) is 3. The van der Waals surface area contributed by atoms with Gasteiger partial charge in [-0.1, -0.05) is 25.1 Å². The molecule has 164 valence electrons. The highest BCUT2D eigenvalue weighted by Crippen LogP contribution is 2.28. The molecule has 1 amide bonds. The maximum absolute atomic E-state index is 13.3. The highest BCUT2D eigenvalue weighted by molar-refractivity contribution is 5.94. The van der Waals surface area contributed by atoms with Crippen LogP contribution in [0.3, 0.4) is 0 Å². The summed E-state index contributed by atoms with van der Waals surface area (Å²) in [6.07, 6.45) is 2.38. The molecule has 6 heteroatoms. The zero-order valence-electron chi connectivity index (χ0n) is 18.5. The Morgan fingerprint density at radius 2 is 2.00 bits per heavy atom. The number of methoxy groups -OCH3 is 1. The van der Waals surface area contributed by atoms with Gasteiger partial charge in [0.15, 0.2) is 0 Å². The summed E-state index contributed by atoms with van der Waals surface area (Å²) in [6.45, 7) is 3.51. The van der Waals surface area contributed by atoms with E-state index in [9.17, 15) is 10.1 Å². The number of carbonyl (C=O) groups excluding carboxylic acids is 1. The summed E-state index contributed by atoms with van der Waals surface area (Å²) in [4.78, 5) is 15.2. The minimum Gasteiger partial charge on any atom is -0.496 e. The molecule has 0 fully saturated rings. The van der Waals surface area contributed by atoms with Crippen molar-refractivity contribution in [2.24, 2.45) is 0 Å². The van der Waals surface area contributed by atoms with Gasteiger partial charge in [0.1, 0.15) is 29.9 Å². The van der Waals surface area contributed by atoms with Gasteiger partial charge < -0.3 is 18.9 Å². The number of nitriles is 1. The van der Waals surface area contributed by atoms with Crippen LogP contribution in [0.2, 0.25) is 0 Å². The van der Waals surface area contributed by atoms with Gasteiger partial charge in [0.05, 0.1) is 19.3 Å². The van der Waals surface area contributed by atoms with Gasteiger partial charge in [-0.25, -0.2) is 0 Å². The zero-order chi connectivity index (χ0) is 22.5. The van der Waals surface area contributed by atoms with E-state index in [0.717, 1.165) is 42.0 Å². The molecule has 0 unspecified atom stereocenters. The van der Waals surface area contributed by atoms with Crippen LogP contribution in [0.25, 0.3) is 5.69 Å². The van der Waals surface area contributed by atoms with Gasteiger partial charge >= 0.3 is 0 Å². The van der Waals surface area contributed by atoms with E-state index in [1.54, 1.807) is 7.11 Å². The summed E-state index contributed by atoms with van der Waals surface area (Å²) in [5.74, 6) is 1.41. The van der Waals surface area contributed by atoms with Crippen LogP contribution in [0.4, 0.5) is 0 Å². The molecular formula is C26H27N3O3. The van der Waals surface area contributed by atoms with Crippen molar-refractivity contribution in [3.8, 4) is 23.3 Å². The number of para-hydroxylation sites is 2. The number of aryl methyl sites for hydroxylation is 2. The minimum absolute atomic E-state index is 0.0322. The molecule has 32 heavy (non-hydrogen) atoms. The summed E-state index contributed by atoms with van der Waals surface area (Å²) >= 11 is 0. The Morgan fingerprint density at radius 1 is 1.16 bits per heavy atom. The first-order chi connectivity index (χ1) is 15.7. The third-order valence-corrected chi connectivity index (χ3v) is 5.86. The monoisotopic (exact) mass is 429 g/mol. The molecule has 0 aliphatic carbocycles. The fourth-order valence-corrected chi connectivity index (χ4v) is 4.19. The quantitative estimate of drug-likeness (QED) is 0.619. The van der Waals surface area contributed by atoms with E-state index >= 15 is 0 Å². The van der Waals surface area contributed by atoms with Gasteiger partial charge in [-0.3, -0.25) is 4.79 Å². The normalized spacial score (nSPS) is 13.7. The molecular weight excluding hydrogens is 402 g/mol. The Balaban J connectivity index is 1.63. The predicted octanol–water partition coefficient (Wildman–Crippen LogP) is 4.39. The lowest BCUT2D eigenvalue weighted by atomic mass is 10.1. The van der Waals surface area contributed by atoms with E-state index in [1.807, 2.05) is 64.1 Å². The first-order valence-electron chi connectivity index (χ1n) is 11.0. The SMILES string of the molecule is CCc1ccc(C(=O)N2CCCc3ccc(C#N)n3-c3ccccc3OCC2)cc1OC. The molecule has 6 nitrogen and oxygen atoms in total. The largest absolute Gasteiger partial charge is 0.496 e. The average Bonchev–Trinajstić information content (AvgIpc) is 3.23. The van der Waals surface area contributed by atoms with Crippen molar-refractivity contribution < 1.29 is 14.3 Å². The predicted molar refractivity (Wildman–Crippen MR) is 123 cm³/mol. The van der Waals surface area contributed by atoms with Gasteiger partial charge in [0, 0.05) is 17.8 Å². The van der Waals surface area contributed by atoms with Gasteiger partial charge in [-0.2, -0.15) is 5.26 Å². The van der Waals surface area contributed by atoms with Crippen LogP contribution in [0.15, 0.2) is 54.6 Å². The van der Waals surface area contributed by atoms with E-state index in [4.69, 9.17) is 9.47 Å². The second-order valence-corrected chi connectivity index (χ2v) is 7.75. The number of carbonyl (C=O) groups is 1. The third-order valence-electron chi connectivity index (χ3n) is 5.86. The number of hydrogen-bond acceptors (Lipinski definition) is 4. The number of aromatic nitrogens is 1. The standard InChI is InChI=1S/C26H27N3O3/c1-3-19-10-11-20(17-25(19)31-2)26(30)28-14-6-7-21-12-13-22(18-27)29(21)23-8-4-5-9-24(23)32-16-15-28/h4-5,8-13,17H,3,6-7,14-16H2,1-2H3. The molecule has 0 atom stereocenters. The van der Waals surface area contributed by atoms with E-state index in [1.165, 1.54) is 0 Å². The molecule has 3 aromatic rings. The molecule has 4 rings (SSSR count). The Hall–Kier alpha value is -3.72. The Kier molecular flexibility index (Phi) is 6.46. The number of rotatable bonds is 3. The van der Waals surface area contributed by atoms with Crippen molar-refractivity contribution in [1.82, 2.24) is 9.47 Å². The lowest BCUT2D eigenvalue weighted by molar-refractivity contribution is 0.0728. The lowest BCUT2D eigenvalue weighted by Gasteiger charge is -2.23. The van der Waals surface area contributed by atoms with Crippen LogP contribution < -0.4 is 9.47 Å². The van der Waals surface area contributed by atoms with Crippen LogP contribution in [0.5, 0.6) is 11.5 Å². The topological polar surface area (TPSA) is 67.5 Å². The Labute approximate surface area is 188 Å². The molecule has 2 aromatic carbocycles. The third kappa shape index (κ3) is 4.19. The zero-order valence-corrected chi connectivity index (χ0v) is 18.5. The van der Waals surface area contributed by atoms with Crippen molar-refractivity contribution in [2.45, 2.75) is 26.2 Å². The smallest absolute Gasteiger partial charge is 0.254 e. The van der Waals surface area contributed by atoms with Gasteiger partial charge in [-0.15, -0.1) is 0 Å². The summed E-state index contributed by atoms with van der Waals surface area (Å²) < 4.78 is 13.5. The molecule has 0 N–H and O–H groups in total. The van der Waals surface area contributed by atoms with Crippen LogP contribution >= 0.6 is 0 Å². The van der Waals surface area contributed by atoms with Crippen molar-refractivity contribution in [2.75, 3.05) is 26.8 Å². The van der Waals surface area contributed by atoms with Gasteiger partial charge in [0.25, 0.3) is 5.91 Å². The maximum Gasteiger partial charge on any atom is 0.254 e. The van der Waals surface area contributed by atoms with Crippen LogP contribution in [-0.2, 0) is 12.8 Å². The molecule has 0 saturated carbocycles. The highest BCUT2D eigenvalue weighted by Gasteiger charge is 2.20. The molecule has 0 radical (unpaired) electrons. The van der Waals surface area contributed by atoms with E-state index < -0.39 is 0 Å². The number of fused-ring (bicyclic) bond motifs is 3. The maximum atomic E-state index is 13.3. The molecule has 0 bridgehead atoms. The van der Waals surface area contributed by atoms with E-state index in [0.29, 0.717) is 36.7 Å². The Bertz CT molecular complexity index is 1160. The number of hydrogen-bond donors (Lipinski definition) is 0. The first kappa shape index (κ1) is 21.5. The lowest BCUT2D eigenvalue weighted by Crippen LogP contribution is -2.35. The molecule has 1 aliphatic rings. The summed E-state index contributed by atoms with van der Waals surface area (Å²) in [5.41, 5.74) is 4.15.